The van der Waals surface area contributed by atoms with Crippen molar-refractivity contribution in [2.75, 3.05) is 14.2 Å². The molecule has 0 spiro atoms. The Morgan fingerprint density at radius 3 is 1.08 bits per heavy atom. The maximum absolute atomic E-state index is 10.7. The van der Waals surface area contributed by atoms with Crippen LogP contribution in [-0.4, -0.2) is 14.2 Å². The van der Waals surface area contributed by atoms with Crippen molar-refractivity contribution in [3.63, 3.8) is 0 Å². The summed E-state index contributed by atoms with van der Waals surface area (Å²) < 4.78 is 81.1. The van der Waals surface area contributed by atoms with Gasteiger partial charge in [-0.1, -0.05) is 30.4 Å². The van der Waals surface area contributed by atoms with Crippen molar-refractivity contribution in [3.05, 3.63) is 104 Å². The van der Waals surface area contributed by atoms with Crippen LogP contribution in [0.5, 0.6) is 34.5 Å². The average molecular weight is 633 g/mol. The van der Waals surface area contributed by atoms with Gasteiger partial charge in [-0.3, -0.25) is 0 Å². The fraction of sp³-hybridized carbons (Fsp3) is 0.0800. The number of methoxy groups -OCH3 is 2. The summed E-state index contributed by atoms with van der Waals surface area (Å²) in [6.07, 6.45) is 10.0. The normalized spacial score (nSPS) is 13.3. The molecule has 0 unspecified atom stereocenters. The third-order valence-corrected chi connectivity index (χ3v) is 3.95. The van der Waals surface area contributed by atoms with Gasteiger partial charge in [-0.2, -0.15) is 0 Å². The monoisotopic (exact) mass is 634 g/mol. The van der Waals surface area contributed by atoms with Crippen LogP contribution in [0.3, 0.4) is 0 Å². The van der Waals surface area contributed by atoms with Crippen molar-refractivity contribution in [2.24, 2.45) is 0 Å². The third-order valence-electron chi connectivity index (χ3n) is 3.95. The van der Waals surface area contributed by atoms with Crippen molar-refractivity contribution in [2.45, 2.75) is 0 Å². The maximum atomic E-state index is 9.87. The molecule has 202 valence electrons. The Balaban J connectivity index is 0.000000436. The summed E-state index contributed by atoms with van der Waals surface area (Å²) in [5, 5.41) is 0. The Bertz CT molecular complexity index is 1080. The molecule has 2 radical (unpaired) electrons. The number of hydrogen-bond donors (Lipinski definition) is 0. The first kappa shape index (κ1) is 32.0. The summed E-state index contributed by atoms with van der Waals surface area (Å²) in [7, 11) is -7.39. The molecule has 0 saturated heterocycles. The first-order valence-electron chi connectivity index (χ1n) is 10.2. The van der Waals surface area contributed by atoms with E-state index in [2.05, 4.69) is 0 Å². The number of rotatable bonds is 6. The zero-order chi connectivity index (χ0) is 26.7. The third kappa shape index (κ3) is 16.4. The van der Waals surface area contributed by atoms with E-state index in [4.69, 9.17) is 18.9 Å². The van der Waals surface area contributed by atoms with Crippen LogP contribution in [0.15, 0.2) is 97.1 Å². The van der Waals surface area contributed by atoms with Gasteiger partial charge in [0.25, 0.3) is 0 Å². The largest absolute Gasteiger partial charge is 1.00 e. The van der Waals surface area contributed by atoms with Gasteiger partial charge >= 0.3 is 52.5 Å². The van der Waals surface area contributed by atoms with Gasteiger partial charge in [-0.15, -0.1) is 0 Å². The zero-order valence-corrected chi connectivity index (χ0v) is 22.1. The molecule has 0 heterocycles. The van der Waals surface area contributed by atoms with Crippen LogP contribution >= 0.6 is 7.81 Å². The van der Waals surface area contributed by atoms with Crippen LogP contribution < -0.4 is 18.9 Å². The molecule has 3 aromatic rings. The molecule has 0 aromatic heterocycles. The molecule has 1 aliphatic rings. The Morgan fingerprint density at radius 2 is 0.811 bits per heavy atom. The summed E-state index contributed by atoms with van der Waals surface area (Å²) in [5.41, 5.74) is 0. The molecular formula is C25H23F6O4PRu. The van der Waals surface area contributed by atoms with Gasteiger partial charge in [0.15, 0.2) is 0 Å². The Labute approximate surface area is 223 Å². The fourth-order valence-electron chi connectivity index (χ4n) is 2.48. The number of benzene rings is 3. The van der Waals surface area contributed by atoms with Crippen molar-refractivity contribution < 1.29 is 63.6 Å². The number of ether oxygens (including phenoxy) is 4. The van der Waals surface area contributed by atoms with Gasteiger partial charge < -0.3 is 18.9 Å². The van der Waals surface area contributed by atoms with E-state index in [1.807, 2.05) is 104 Å². The summed E-state index contributed by atoms with van der Waals surface area (Å²) in [5.74, 6) is 4.45. The van der Waals surface area contributed by atoms with Crippen LogP contribution in [-0.2, 0) is 19.5 Å². The zero-order valence-electron chi connectivity index (χ0n) is 19.5. The molecule has 0 saturated carbocycles. The van der Waals surface area contributed by atoms with E-state index in [-0.39, 0.29) is 19.5 Å². The molecular weight excluding hydrogens is 610 g/mol. The van der Waals surface area contributed by atoms with Crippen molar-refractivity contribution in [3.8, 4) is 34.5 Å². The van der Waals surface area contributed by atoms with Gasteiger partial charge in [0.05, 0.1) is 14.2 Å². The van der Waals surface area contributed by atoms with E-state index < -0.39 is 7.81 Å². The molecule has 1 aliphatic carbocycles. The van der Waals surface area contributed by atoms with Crippen LogP contribution in [0.25, 0.3) is 0 Å². The molecule has 37 heavy (non-hydrogen) atoms. The molecule has 0 atom stereocenters. The van der Waals surface area contributed by atoms with Gasteiger partial charge in [0.2, 0.25) is 0 Å². The molecule has 0 fully saturated rings. The molecule has 3 aromatic carbocycles. The van der Waals surface area contributed by atoms with Gasteiger partial charge in [0, 0.05) is 12.5 Å². The van der Waals surface area contributed by atoms with E-state index in [1.165, 1.54) is 0 Å². The average Bonchev–Trinajstić information content (AvgIpc) is 3.39. The van der Waals surface area contributed by atoms with Crippen molar-refractivity contribution in [1.29, 1.82) is 0 Å². The smallest absolute Gasteiger partial charge is 0.0767 e. The van der Waals surface area contributed by atoms with Gasteiger partial charge in [0.1, 0.15) is 34.5 Å². The number of halogens is 6. The molecule has 12 heteroatoms. The first-order valence-corrected chi connectivity index (χ1v) is 12.2. The summed E-state index contributed by atoms with van der Waals surface area (Å²) in [6, 6.07) is 22.3. The van der Waals surface area contributed by atoms with Gasteiger partial charge in [-0.05, 0) is 60.7 Å². The molecule has 4 nitrogen and oxygen atoms in total. The van der Waals surface area contributed by atoms with Crippen LogP contribution in [0.2, 0.25) is 0 Å². The molecule has 0 aliphatic heterocycles. The maximum Gasteiger partial charge on any atom is 1.00 e. The van der Waals surface area contributed by atoms with E-state index >= 15 is 0 Å². The minimum atomic E-state index is -10.7. The topological polar surface area (TPSA) is 36.9 Å². The molecule has 4 rings (SSSR count). The quantitative estimate of drug-likeness (QED) is 0.154. The first-order chi connectivity index (χ1) is 16.7. The predicted molar refractivity (Wildman–Crippen MR) is 129 cm³/mol. The minimum Gasteiger partial charge on any atom is -0.0767 e. The Morgan fingerprint density at radius 1 is 0.486 bits per heavy atom. The second-order valence-corrected chi connectivity index (χ2v) is 8.87. The second kappa shape index (κ2) is 13.0. The van der Waals surface area contributed by atoms with Crippen LogP contribution in [0.1, 0.15) is 0 Å². The standard InChI is InChI=1S/C20H18O4.C5H5.F6P.Ru/c1-21-15-6-10-17(11-7-15)23-19-4-3-5-20(14-19)24-18-12-8-16(22-2)9-13-18;1-2-4-5-3-1;1-7(2,3,4,5)6;/h3-14H,1-2H3;1-5H;;/q;;-1;+1. The number of allylic oxidation sites excluding steroid dienone is 4. The SMILES string of the molecule is COc1ccc(Oc2cccc(Oc3ccc(OC)cc3)c2)cc1.F[P-](F)(F)(F)(F)F.[CH]1C=CC=C1.[Ru+]. The second-order valence-electron chi connectivity index (χ2n) is 6.95. The molecule has 0 amide bonds. The summed E-state index contributed by atoms with van der Waals surface area (Å²) in [6.45, 7) is 0. The predicted octanol–water partition coefficient (Wildman–Crippen LogP) is 9.98. The molecule has 0 N–H and O–H groups in total. The van der Waals surface area contributed by atoms with Crippen molar-refractivity contribution >= 4 is 7.81 Å². The number of hydrogen-bond acceptors (Lipinski definition) is 4. The minimum absolute atomic E-state index is 0. The van der Waals surface area contributed by atoms with E-state index in [1.54, 1.807) is 14.2 Å². The van der Waals surface area contributed by atoms with Crippen LogP contribution in [0, 0.1) is 6.42 Å². The Hall–Kier alpha value is -3.03. The van der Waals surface area contributed by atoms with Gasteiger partial charge in [-0.25, -0.2) is 0 Å². The van der Waals surface area contributed by atoms with E-state index in [0.29, 0.717) is 11.5 Å². The summed E-state index contributed by atoms with van der Waals surface area (Å²) in [4.78, 5) is 0. The van der Waals surface area contributed by atoms with Crippen LogP contribution in [0.4, 0.5) is 25.2 Å². The fourth-order valence-corrected chi connectivity index (χ4v) is 2.48. The summed E-state index contributed by atoms with van der Waals surface area (Å²) >= 11 is 0. The Kier molecular flexibility index (Phi) is 11.2. The van der Waals surface area contributed by atoms with E-state index in [0.717, 1.165) is 23.0 Å². The molecule has 0 bridgehead atoms. The van der Waals surface area contributed by atoms with E-state index in [9.17, 15) is 25.2 Å². The van der Waals surface area contributed by atoms with Crippen molar-refractivity contribution in [1.82, 2.24) is 0 Å².